The number of hydrogen-bond donors (Lipinski definition) is 4. The van der Waals surface area contributed by atoms with E-state index in [4.69, 9.17) is 5.11 Å². The van der Waals surface area contributed by atoms with Gasteiger partial charge in [-0.1, -0.05) is 12.1 Å². The van der Waals surface area contributed by atoms with Gasteiger partial charge in [0.15, 0.2) is 5.69 Å². The van der Waals surface area contributed by atoms with Crippen molar-refractivity contribution < 1.29 is 24.2 Å². The molecule has 3 rings (SSSR count). The number of rotatable bonds is 5. The van der Waals surface area contributed by atoms with Gasteiger partial charge in [0.05, 0.1) is 0 Å². The molecule has 0 saturated heterocycles. The van der Waals surface area contributed by atoms with Gasteiger partial charge in [0.25, 0.3) is 11.5 Å². The lowest BCUT2D eigenvalue weighted by Crippen LogP contribution is -2.35. The first-order chi connectivity index (χ1) is 14.3. The summed E-state index contributed by atoms with van der Waals surface area (Å²) in [6.07, 6.45) is -1.22. The molecule has 0 fully saturated rings. The number of aromatic nitrogens is 2. The van der Waals surface area contributed by atoms with E-state index in [0.717, 1.165) is 0 Å². The minimum atomic E-state index is -1.22. The summed E-state index contributed by atoms with van der Waals surface area (Å²) in [5.74, 6) is -2.22. The maximum absolute atomic E-state index is 13.0. The largest absolute Gasteiger partial charge is 0.501 e. The van der Waals surface area contributed by atoms with Crippen LogP contribution in [0.25, 0.3) is 0 Å². The zero-order chi connectivity index (χ0) is 21.8. The topological polar surface area (TPSA) is 137 Å². The Labute approximate surface area is 171 Å². The number of nitrogens with zero attached hydrogens (tertiary/aromatic N) is 3. The molecule has 0 aliphatic carbocycles. The predicted molar refractivity (Wildman–Crippen MR) is 104 cm³/mol. The van der Waals surface area contributed by atoms with Crippen molar-refractivity contribution >= 4 is 12.0 Å². The third-order valence-electron chi connectivity index (χ3n) is 4.86. The molecule has 1 aromatic carbocycles. The first-order valence-corrected chi connectivity index (χ1v) is 9.28. The van der Waals surface area contributed by atoms with E-state index in [1.165, 1.54) is 28.8 Å². The minimum absolute atomic E-state index is 0.00642. The number of amides is 2. The average Bonchev–Trinajstić information content (AvgIpc) is 2.87. The number of aromatic hydroxyl groups is 1. The second kappa shape index (κ2) is 8.91. The fourth-order valence-electron chi connectivity index (χ4n) is 3.30. The molecule has 30 heavy (non-hydrogen) atoms. The van der Waals surface area contributed by atoms with Gasteiger partial charge in [0.1, 0.15) is 11.6 Å². The number of carboxylic acid groups (broad SMARTS) is 1. The van der Waals surface area contributed by atoms with Crippen molar-refractivity contribution in [2.75, 3.05) is 26.7 Å². The van der Waals surface area contributed by atoms with Crippen molar-refractivity contribution in [3.05, 3.63) is 57.5 Å². The summed E-state index contributed by atoms with van der Waals surface area (Å²) in [6, 6.07) is 5.50. The Morgan fingerprint density at radius 3 is 2.60 bits per heavy atom. The highest BCUT2D eigenvalue weighted by atomic mass is 19.1. The maximum Gasteiger partial charge on any atom is 0.404 e. The van der Waals surface area contributed by atoms with Crippen LogP contribution in [0, 0.1) is 5.82 Å². The molecular formula is C19H22FN5O5. The highest BCUT2D eigenvalue weighted by Crippen LogP contribution is 2.20. The molecule has 2 heterocycles. The number of halogens is 1. The summed E-state index contributed by atoms with van der Waals surface area (Å²) in [6.45, 7) is 1.19. The van der Waals surface area contributed by atoms with Crippen molar-refractivity contribution in [1.82, 2.24) is 25.1 Å². The van der Waals surface area contributed by atoms with Crippen molar-refractivity contribution in [3.8, 4) is 5.75 Å². The summed E-state index contributed by atoms with van der Waals surface area (Å²) < 4.78 is 14.3. The lowest BCUT2D eigenvalue weighted by molar-refractivity contribution is 0.0941. The molecule has 1 aliphatic rings. The molecule has 0 bridgehead atoms. The molecule has 1 atom stereocenters. The van der Waals surface area contributed by atoms with E-state index in [9.17, 15) is 23.9 Å². The minimum Gasteiger partial charge on any atom is -0.501 e. The molecule has 4 N–H and O–H groups in total. The third kappa shape index (κ3) is 4.74. The molecule has 2 aromatic rings. The monoisotopic (exact) mass is 419 g/mol. The van der Waals surface area contributed by atoms with Crippen molar-refractivity contribution in [1.29, 1.82) is 0 Å². The number of hydrogen-bond acceptors (Lipinski definition) is 6. The van der Waals surface area contributed by atoms with Crippen molar-refractivity contribution in [3.63, 3.8) is 0 Å². The molecule has 1 unspecified atom stereocenters. The lowest BCUT2D eigenvalue weighted by atomic mass is 10.1. The summed E-state index contributed by atoms with van der Waals surface area (Å²) >= 11 is 0. The van der Waals surface area contributed by atoms with Crippen LogP contribution in [0.4, 0.5) is 9.18 Å². The molecule has 1 aliphatic heterocycles. The van der Waals surface area contributed by atoms with Gasteiger partial charge in [0.2, 0.25) is 5.75 Å². The Hall–Kier alpha value is -3.47. The quantitative estimate of drug-likeness (QED) is 0.548. The summed E-state index contributed by atoms with van der Waals surface area (Å²) in [4.78, 5) is 42.3. The van der Waals surface area contributed by atoms with Crippen LogP contribution in [0.15, 0.2) is 29.1 Å². The van der Waals surface area contributed by atoms with Crippen LogP contribution in [0.5, 0.6) is 5.75 Å². The number of carbonyl (C=O) groups excluding carboxylic acids is 1. The highest BCUT2D eigenvalue weighted by molar-refractivity contribution is 5.94. The van der Waals surface area contributed by atoms with Gasteiger partial charge in [-0.15, -0.1) is 0 Å². The Morgan fingerprint density at radius 1 is 1.23 bits per heavy atom. The zero-order valence-corrected chi connectivity index (χ0v) is 16.3. The van der Waals surface area contributed by atoms with E-state index in [2.05, 4.69) is 15.6 Å². The van der Waals surface area contributed by atoms with Gasteiger partial charge >= 0.3 is 6.09 Å². The molecule has 160 valence electrons. The van der Waals surface area contributed by atoms with Crippen LogP contribution in [-0.4, -0.2) is 63.3 Å². The van der Waals surface area contributed by atoms with Gasteiger partial charge in [-0.2, -0.15) is 0 Å². The summed E-state index contributed by atoms with van der Waals surface area (Å²) in [5.41, 5.74) is -0.568. The fraction of sp³-hybridized carbons (Fsp3) is 0.368. The van der Waals surface area contributed by atoms with Crippen molar-refractivity contribution in [2.24, 2.45) is 0 Å². The van der Waals surface area contributed by atoms with Gasteiger partial charge in [0, 0.05) is 38.6 Å². The molecule has 0 spiro atoms. The second-order valence-corrected chi connectivity index (χ2v) is 7.08. The average molecular weight is 419 g/mol. The van der Waals surface area contributed by atoms with E-state index in [1.54, 1.807) is 0 Å². The molecule has 2 amide bonds. The van der Waals surface area contributed by atoms with E-state index >= 15 is 0 Å². The number of likely N-dealkylation sites (N-methyl/N-ethyl adjacent to an activating group) is 1. The molecule has 0 radical (unpaired) electrons. The lowest BCUT2D eigenvalue weighted by Gasteiger charge is -2.20. The van der Waals surface area contributed by atoms with Crippen LogP contribution in [-0.2, 0) is 13.1 Å². The highest BCUT2D eigenvalue weighted by Gasteiger charge is 2.29. The normalized spacial score (nSPS) is 16.4. The Bertz CT molecular complexity index is 1010. The van der Waals surface area contributed by atoms with Gasteiger partial charge in [-0.3, -0.25) is 14.2 Å². The smallest absolute Gasteiger partial charge is 0.404 e. The van der Waals surface area contributed by atoms with Gasteiger partial charge in [-0.05, 0) is 24.7 Å². The van der Waals surface area contributed by atoms with E-state index < -0.39 is 40.7 Å². The predicted octanol–water partition coefficient (Wildman–Crippen LogP) is 0.315. The standard InChI is InChI=1S/C19H22FN5O5/c1-24-6-7-25-16(12(10-24)9-22-19(29)30)23-14(15(26)18(25)28)17(27)21-8-11-2-4-13(20)5-3-11/h2-5,12,22,26H,6-10H2,1H3,(H,21,27)(H,29,30). The molecule has 0 saturated carbocycles. The summed E-state index contributed by atoms with van der Waals surface area (Å²) in [7, 11) is 1.82. The van der Waals surface area contributed by atoms with E-state index in [0.29, 0.717) is 18.7 Å². The van der Waals surface area contributed by atoms with Crippen LogP contribution in [0.3, 0.4) is 0 Å². The molecule has 1 aromatic heterocycles. The van der Waals surface area contributed by atoms with Gasteiger partial charge < -0.3 is 25.7 Å². The Balaban J connectivity index is 1.90. The van der Waals surface area contributed by atoms with Crippen LogP contribution < -0.4 is 16.2 Å². The molecular weight excluding hydrogens is 397 g/mol. The number of carbonyl (C=O) groups is 2. The molecule has 10 nitrogen and oxygen atoms in total. The maximum atomic E-state index is 13.0. The first kappa shape index (κ1) is 21.2. The van der Waals surface area contributed by atoms with Gasteiger partial charge in [-0.25, -0.2) is 14.2 Å². The molecule has 11 heteroatoms. The SMILES string of the molecule is CN1CCn2c(nc(C(=O)NCc3ccc(F)cc3)c(O)c2=O)C(CNC(=O)O)C1. The Kier molecular flexibility index (Phi) is 6.31. The zero-order valence-electron chi connectivity index (χ0n) is 16.3. The third-order valence-corrected chi connectivity index (χ3v) is 4.86. The van der Waals surface area contributed by atoms with Crippen LogP contribution >= 0.6 is 0 Å². The van der Waals surface area contributed by atoms with E-state index in [-0.39, 0.29) is 25.5 Å². The van der Waals surface area contributed by atoms with E-state index in [1.807, 2.05) is 11.9 Å². The van der Waals surface area contributed by atoms with Crippen LogP contribution in [0.2, 0.25) is 0 Å². The summed E-state index contributed by atoms with van der Waals surface area (Å²) in [5, 5.41) is 24.0. The fourth-order valence-corrected chi connectivity index (χ4v) is 3.30. The number of fused-ring (bicyclic) bond motifs is 1. The number of nitrogens with one attached hydrogen (secondary N) is 2. The first-order valence-electron chi connectivity index (χ1n) is 9.28. The Morgan fingerprint density at radius 2 is 1.93 bits per heavy atom. The second-order valence-electron chi connectivity index (χ2n) is 7.08. The number of benzene rings is 1. The van der Waals surface area contributed by atoms with Crippen molar-refractivity contribution in [2.45, 2.75) is 19.0 Å². The van der Waals surface area contributed by atoms with Crippen LogP contribution in [0.1, 0.15) is 27.8 Å².